The lowest BCUT2D eigenvalue weighted by Crippen LogP contribution is -2.33. The Morgan fingerprint density at radius 1 is 0.172 bits per heavy atom. The molecule has 134 heavy (non-hydrogen) atoms. The van der Waals surface area contributed by atoms with Crippen LogP contribution in [0.4, 0.5) is 34.9 Å². The summed E-state index contributed by atoms with van der Waals surface area (Å²) >= 11 is 0. The van der Waals surface area contributed by atoms with E-state index in [4.69, 9.17) is 15.0 Å². The standard InChI is InChI=1S/3C37H24N4O2S.2CH4/c42-44(43)36-16-8-7-15-35(36)40-34-14-6-3-11-31(34)38-37(40)41(44)28-23-19-26(20-24-28)25-17-21-27(22-18-25)39-32-12-4-1-9-29(32)30-10-2-5-13-33(30)39;42-44(43)36-18-10-9-17-35(36)40-34-22-20-28(24-31(34)38-37(40)41(44)27-13-5-2-6-14-27)39-32-16-8-7-15-29(32)30-23-26(19-21-33(30)39)25-11-3-1-4-12-25;42-44(43)36-17-9-8-16-35(36)40-34-15-7-5-13-31(34)38-37(40)41(44)28-21-18-25(19-22-28)26-20-23-33-30(24-26)29-12-4-6-14-32(29)39(33)27-10-2-1-3-11-27;;/h3*1-24H;2*1H4. The molecular formula is C113H80N12O6S3. The van der Waals surface area contributed by atoms with Crippen molar-refractivity contribution >= 4 is 163 Å². The van der Waals surface area contributed by atoms with Gasteiger partial charge < -0.3 is 13.7 Å². The highest BCUT2D eigenvalue weighted by atomic mass is 32.2. The number of rotatable bonds is 9. The van der Waals surface area contributed by atoms with E-state index >= 15 is 0 Å². The van der Waals surface area contributed by atoms with Gasteiger partial charge in [0.05, 0.1) is 100 Å². The van der Waals surface area contributed by atoms with Gasteiger partial charge in [0.1, 0.15) is 14.7 Å². The second kappa shape index (κ2) is 31.7. The van der Waals surface area contributed by atoms with Crippen molar-refractivity contribution in [3.05, 3.63) is 437 Å². The van der Waals surface area contributed by atoms with E-state index in [9.17, 15) is 25.3 Å². The van der Waals surface area contributed by atoms with E-state index in [2.05, 4.69) is 232 Å². The Kier molecular flexibility index (Phi) is 19.3. The first-order chi connectivity index (χ1) is 64.8. The number of aromatic nitrogens is 9. The largest absolute Gasteiger partial charge is 0.309 e. The molecule has 0 spiro atoms. The van der Waals surface area contributed by atoms with E-state index in [-0.39, 0.29) is 29.5 Å². The molecule has 0 bridgehead atoms. The van der Waals surface area contributed by atoms with E-state index in [1.54, 1.807) is 48.5 Å². The number of benzene rings is 18. The summed E-state index contributed by atoms with van der Waals surface area (Å²) in [5.74, 6) is 1.05. The lowest BCUT2D eigenvalue weighted by Gasteiger charge is -2.30. The summed E-state index contributed by atoms with van der Waals surface area (Å²) in [6, 6.07) is 144. The van der Waals surface area contributed by atoms with Gasteiger partial charge >= 0.3 is 0 Å². The number of nitrogens with zero attached hydrogens (tertiary/aromatic N) is 12. The number of fused-ring (bicyclic) bond motifs is 24. The Labute approximate surface area is 772 Å². The Morgan fingerprint density at radius 2 is 0.418 bits per heavy atom. The summed E-state index contributed by atoms with van der Waals surface area (Å²) in [4.78, 5) is 15.3. The van der Waals surface area contributed by atoms with Crippen LogP contribution in [0.15, 0.2) is 451 Å². The lowest BCUT2D eigenvalue weighted by atomic mass is 10.0. The molecule has 0 atom stereocenters. The molecule has 0 radical (unpaired) electrons. The van der Waals surface area contributed by atoms with E-state index in [1.807, 2.05) is 184 Å². The minimum Gasteiger partial charge on any atom is -0.309 e. The molecule has 0 N–H and O–H groups in total. The molecule has 3 aliphatic heterocycles. The summed E-state index contributed by atoms with van der Waals surface area (Å²) in [6.07, 6.45) is 0. The smallest absolute Gasteiger partial charge is 0.273 e. The van der Waals surface area contributed by atoms with Crippen molar-refractivity contribution in [2.24, 2.45) is 0 Å². The van der Waals surface area contributed by atoms with Crippen molar-refractivity contribution < 1.29 is 25.3 Å². The van der Waals surface area contributed by atoms with Crippen LogP contribution in [-0.4, -0.2) is 67.6 Å². The van der Waals surface area contributed by atoms with Crippen LogP contribution in [0.1, 0.15) is 14.9 Å². The fourth-order valence-corrected chi connectivity index (χ4v) is 24.3. The normalized spacial score (nSPS) is 13.6. The van der Waals surface area contributed by atoms with Crippen molar-refractivity contribution in [2.75, 3.05) is 12.9 Å². The Morgan fingerprint density at radius 3 is 0.821 bits per heavy atom. The van der Waals surface area contributed by atoms with Crippen LogP contribution in [0.3, 0.4) is 0 Å². The first kappa shape index (κ1) is 81.5. The average Bonchev–Trinajstić information content (AvgIpc) is 1.63. The predicted molar refractivity (Wildman–Crippen MR) is 543 cm³/mol. The summed E-state index contributed by atoms with van der Waals surface area (Å²) in [5.41, 5.74) is 24.5. The number of imidazole rings is 3. The highest BCUT2D eigenvalue weighted by molar-refractivity contribution is 7.94. The molecule has 0 aliphatic carbocycles. The van der Waals surface area contributed by atoms with Gasteiger partial charge in [-0.15, -0.1) is 0 Å². The number of hydrogen-bond acceptors (Lipinski definition) is 9. The molecule has 18 nitrogen and oxygen atoms in total. The van der Waals surface area contributed by atoms with Crippen LogP contribution in [-0.2, 0) is 30.1 Å². The minimum absolute atomic E-state index is 0. The zero-order valence-electron chi connectivity index (χ0n) is 70.1. The Balaban J connectivity index is 0.000000113. The summed E-state index contributed by atoms with van der Waals surface area (Å²) in [5, 5.41) is 7.14. The SMILES string of the molecule is C.C.O=S1(=O)c2ccccc2-n2c(nc3cc(-n4c5ccccc5c5cc(-c6ccccc6)ccc54)ccc32)N1c1ccccc1.O=S1(=O)c2ccccc2-n2c(nc3ccccc32)N1c1ccc(-c2ccc(-n3c4ccccc4c4ccccc43)cc2)cc1.O=S1(=O)c2ccccc2-n2c(nc3ccccc32)N1c1ccc(-c2ccc3c(c2)c2ccccc2n3-c2ccccc2)cc1. The van der Waals surface area contributed by atoms with Crippen LogP contribution in [0.5, 0.6) is 0 Å². The third-order valence-corrected chi connectivity index (χ3v) is 30.7. The van der Waals surface area contributed by atoms with Crippen molar-refractivity contribution in [3.8, 4) is 67.5 Å². The first-order valence-corrected chi connectivity index (χ1v) is 47.5. The van der Waals surface area contributed by atoms with Gasteiger partial charge in [-0.1, -0.05) is 264 Å². The topological polar surface area (TPSA) is 180 Å². The number of sulfonamides is 3. The molecule has 9 heterocycles. The van der Waals surface area contributed by atoms with Gasteiger partial charge in [0.25, 0.3) is 30.1 Å². The van der Waals surface area contributed by atoms with Gasteiger partial charge in [0, 0.05) is 49.4 Å². The maximum atomic E-state index is 14.1. The number of hydrogen-bond donors (Lipinski definition) is 0. The monoisotopic (exact) mass is 1800 g/mol. The molecule has 18 aromatic carbocycles. The molecule has 0 fully saturated rings. The fraction of sp³-hybridized carbons (Fsp3) is 0.0177. The zero-order valence-corrected chi connectivity index (χ0v) is 72.6. The first-order valence-electron chi connectivity index (χ1n) is 43.2. The van der Waals surface area contributed by atoms with Crippen molar-refractivity contribution in [1.29, 1.82) is 0 Å². The number of anilines is 6. The van der Waals surface area contributed by atoms with Gasteiger partial charge in [-0.25, -0.2) is 53.1 Å². The second-order valence-electron chi connectivity index (χ2n) is 32.8. The van der Waals surface area contributed by atoms with Crippen LogP contribution in [0, 0.1) is 0 Å². The zero-order chi connectivity index (χ0) is 88.2. The third-order valence-electron chi connectivity index (χ3n) is 25.4. The Bertz CT molecular complexity index is 9180. The highest BCUT2D eigenvalue weighted by Gasteiger charge is 2.42. The summed E-state index contributed by atoms with van der Waals surface area (Å²) in [6.45, 7) is 0. The summed E-state index contributed by atoms with van der Waals surface area (Å²) in [7, 11) is -11.7. The van der Waals surface area contributed by atoms with Gasteiger partial charge in [-0.2, -0.15) is 0 Å². The second-order valence-corrected chi connectivity index (χ2v) is 38.1. The van der Waals surface area contributed by atoms with Gasteiger partial charge in [-0.05, 0) is 221 Å². The minimum atomic E-state index is -3.90. The van der Waals surface area contributed by atoms with Crippen molar-refractivity contribution in [1.82, 2.24) is 42.4 Å². The van der Waals surface area contributed by atoms with Crippen LogP contribution in [0.2, 0.25) is 0 Å². The fourth-order valence-electron chi connectivity index (χ4n) is 19.5. The Hall–Kier alpha value is -17.0. The molecule has 646 valence electrons. The molecule has 6 aromatic heterocycles. The maximum Gasteiger partial charge on any atom is 0.273 e. The van der Waals surface area contributed by atoms with Crippen LogP contribution < -0.4 is 12.9 Å². The van der Waals surface area contributed by atoms with Crippen LogP contribution >= 0.6 is 0 Å². The van der Waals surface area contributed by atoms with E-state index in [1.165, 1.54) is 62.0 Å². The average molecular weight is 1800 g/mol. The van der Waals surface area contributed by atoms with Crippen molar-refractivity contribution in [2.45, 2.75) is 29.5 Å². The molecular weight excluding hydrogens is 1720 g/mol. The van der Waals surface area contributed by atoms with E-state index in [0.29, 0.717) is 57.5 Å². The lowest BCUT2D eigenvalue weighted by molar-refractivity contribution is 0.590. The van der Waals surface area contributed by atoms with Gasteiger partial charge in [-0.3, -0.25) is 13.7 Å². The predicted octanol–water partition coefficient (Wildman–Crippen LogP) is 27.2. The quantitative estimate of drug-likeness (QED) is 0.136. The van der Waals surface area contributed by atoms with Crippen LogP contribution in [0.25, 0.3) is 166 Å². The molecule has 0 saturated carbocycles. The highest BCUT2D eigenvalue weighted by Crippen LogP contribution is 2.49. The third kappa shape index (κ3) is 12.7. The molecule has 0 amide bonds. The van der Waals surface area contributed by atoms with Crippen molar-refractivity contribution in [3.63, 3.8) is 0 Å². The molecule has 3 aliphatic rings. The van der Waals surface area contributed by atoms with Gasteiger partial charge in [0.2, 0.25) is 17.8 Å². The molecule has 21 heteroatoms. The van der Waals surface area contributed by atoms with E-state index in [0.717, 1.165) is 94.4 Å². The van der Waals surface area contributed by atoms with Gasteiger partial charge in [0.15, 0.2) is 0 Å². The molecule has 24 aromatic rings. The summed E-state index contributed by atoms with van der Waals surface area (Å²) < 4.78 is 101. The van der Waals surface area contributed by atoms with E-state index < -0.39 is 30.1 Å². The molecule has 27 rings (SSSR count). The molecule has 0 saturated heterocycles. The molecule has 0 unspecified atom stereocenters. The maximum absolute atomic E-state index is 14.1. The number of para-hydroxylation sites is 13.